The summed E-state index contributed by atoms with van der Waals surface area (Å²) in [5.41, 5.74) is 1.24. The molecular formula is C27H24N2O6S. The Morgan fingerprint density at radius 2 is 1.75 bits per heavy atom. The molecule has 1 atom stereocenters. The molecule has 0 fully saturated rings. The number of Topliss-reactive ketones (excluding diaryl/α,β-unsaturated/α-hetero) is 1. The molecule has 1 aliphatic heterocycles. The fourth-order valence-corrected chi connectivity index (χ4v) is 5.23. The van der Waals surface area contributed by atoms with E-state index in [0.717, 1.165) is 4.70 Å². The summed E-state index contributed by atoms with van der Waals surface area (Å²) in [6.45, 7) is 6.54. The van der Waals surface area contributed by atoms with Crippen molar-refractivity contribution in [3.05, 3.63) is 83.0 Å². The van der Waals surface area contributed by atoms with Crippen LogP contribution < -0.4 is 14.4 Å². The van der Waals surface area contributed by atoms with Crippen LogP contribution in [0.25, 0.3) is 10.2 Å². The predicted octanol–water partition coefficient (Wildman–Crippen LogP) is 5.78. The number of fused-ring (bicyclic) bond motifs is 1. The third-order valence-corrected chi connectivity index (χ3v) is 6.81. The second-order valence-corrected chi connectivity index (χ2v) is 9.15. The van der Waals surface area contributed by atoms with Gasteiger partial charge in [0.05, 0.1) is 35.0 Å². The number of hydrogen-bond acceptors (Lipinski definition) is 8. The molecule has 1 unspecified atom stereocenters. The number of amides is 1. The van der Waals surface area contributed by atoms with Crippen molar-refractivity contribution in [1.29, 1.82) is 0 Å². The summed E-state index contributed by atoms with van der Waals surface area (Å²) in [7, 11) is 0. The number of aromatic nitrogens is 1. The summed E-state index contributed by atoms with van der Waals surface area (Å²) >= 11 is 1.28. The average Bonchev–Trinajstić information content (AvgIpc) is 3.55. The molecule has 1 N–H and O–H groups in total. The summed E-state index contributed by atoms with van der Waals surface area (Å²) in [5.74, 6) is 0.0602. The van der Waals surface area contributed by atoms with Crippen LogP contribution in [0.4, 0.5) is 5.13 Å². The van der Waals surface area contributed by atoms with Gasteiger partial charge in [-0.05, 0) is 68.8 Å². The van der Waals surface area contributed by atoms with Crippen LogP contribution in [0.5, 0.6) is 11.5 Å². The van der Waals surface area contributed by atoms with Crippen molar-refractivity contribution in [2.75, 3.05) is 18.1 Å². The van der Waals surface area contributed by atoms with Crippen LogP contribution >= 0.6 is 11.3 Å². The molecule has 4 aromatic rings. The molecule has 0 bridgehead atoms. The van der Waals surface area contributed by atoms with Crippen molar-refractivity contribution in [2.45, 2.75) is 26.8 Å². The number of carbonyl (C=O) groups is 2. The van der Waals surface area contributed by atoms with Gasteiger partial charge in [-0.2, -0.15) is 0 Å². The minimum Gasteiger partial charge on any atom is -0.503 e. The highest BCUT2D eigenvalue weighted by atomic mass is 32.1. The Kier molecular flexibility index (Phi) is 6.24. The van der Waals surface area contributed by atoms with Crippen molar-refractivity contribution < 1.29 is 28.6 Å². The lowest BCUT2D eigenvalue weighted by Crippen LogP contribution is -2.30. The number of aliphatic hydroxyl groups excluding tert-OH is 1. The first kappa shape index (κ1) is 23.6. The molecule has 8 nitrogen and oxygen atoms in total. The van der Waals surface area contributed by atoms with Gasteiger partial charge in [0.15, 0.2) is 16.7 Å². The second-order valence-electron chi connectivity index (χ2n) is 8.14. The van der Waals surface area contributed by atoms with Gasteiger partial charge >= 0.3 is 0 Å². The largest absolute Gasteiger partial charge is 0.503 e. The predicted molar refractivity (Wildman–Crippen MR) is 136 cm³/mol. The van der Waals surface area contributed by atoms with Gasteiger partial charge in [0.1, 0.15) is 17.3 Å². The van der Waals surface area contributed by atoms with E-state index in [1.54, 1.807) is 37.3 Å². The van der Waals surface area contributed by atoms with Crippen LogP contribution in [0.15, 0.2) is 70.3 Å². The lowest BCUT2D eigenvalue weighted by molar-refractivity contribution is -0.117. The van der Waals surface area contributed by atoms with E-state index in [-0.39, 0.29) is 11.3 Å². The molecule has 0 aliphatic carbocycles. The van der Waals surface area contributed by atoms with E-state index in [1.807, 2.05) is 32.0 Å². The quantitative estimate of drug-likeness (QED) is 0.304. The highest BCUT2D eigenvalue weighted by Crippen LogP contribution is 2.44. The van der Waals surface area contributed by atoms with E-state index in [1.165, 1.54) is 22.3 Å². The van der Waals surface area contributed by atoms with E-state index in [9.17, 15) is 14.7 Å². The Bertz CT molecular complexity index is 1480. The number of furan rings is 1. The molecule has 0 radical (unpaired) electrons. The Morgan fingerprint density at radius 3 is 2.42 bits per heavy atom. The molecule has 2 aromatic heterocycles. The second kappa shape index (κ2) is 9.50. The Labute approximate surface area is 211 Å². The maximum Gasteiger partial charge on any atom is 0.296 e. The van der Waals surface area contributed by atoms with Gasteiger partial charge in [-0.25, -0.2) is 4.98 Å². The number of ether oxygens (including phenoxy) is 2. The number of thiazole rings is 1. The van der Waals surface area contributed by atoms with Gasteiger partial charge in [-0.3, -0.25) is 14.5 Å². The summed E-state index contributed by atoms with van der Waals surface area (Å²) < 4.78 is 17.5. The number of aliphatic hydroxyl groups is 1. The minimum absolute atomic E-state index is 0.0466. The molecular weight excluding hydrogens is 480 g/mol. The summed E-state index contributed by atoms with van der Waals surface area (Å²) in [5, 5.41) is 11.3. The first-order chi connectivity index (χ1) is 17.4. The normalized spacial score (nSPS) is 15.7. The Balaban J connectivity index is 1.62. The summed E-state index contributed by atoms with van der Waals surface area (Å²) in [6.07, 6.45) is 0. The van der Waals surface area contributed by atoms with E-state index in [4.69, 9.17) is 13.9 Å². The average molecular weight is 505 g/mol. The molecule has 1 amide bonds. The highest BCUT2D eigenvalue weighted by molar-refractivity contribution is 7.22. The van der Waals surface area contributed by atoms with Crippen molar-refractivity contribution in [3.8, 4) is 11.5 Å². The zero-order valence-electron chi connectivity index (χ0n) is 20.0. The van der Waals surface area contributed by atoms with Crippen molar-refractivity contribution >= 4 is 38.4 Å². The van der Waals surface area contributed by atoms with E-state index < -0.39 is 23.5 Å². The van der Waals surface area contributed by atoms with Crippen LogP contribution in [0.1, 0.15) is 41.8 Å². The number of rotatable bonds is 8. The first-order valence-corrected chi connectivity index (χ1v) is 12.4. The number of anilines is 1. The van der Waals surface area contributed by atoms with Crippen LogP contribution in [0.3, 0.4) is 0 Å². The van der Waals surface area contributed by atoms with Gasteiger partial charge in [-0.15, -0.1) is 0 Å². The first-order valence-electron chi connectivity index (χ1n) is 11.5. The smallest absolute Gasteiger partial charge is 0.296 e. The zero-order valence-corrected chi connectivity index (χ0v) is 20.8. The number of benzene rings is 2. The SMILES string of the molecule is CCOc1ccc(C2C(C(=O)c3ccc(C)o3)=C(O)C(=O)N2c2nc3ccc(OCC)cc3s2)cc1. The van der Waals surface area contributed by atoms with E-state index in [0.29, 0.717) is 46.7 Å². The topological polar surface area (TPSA) is 102 Å². The number of ketones is 1. The summed E-state index contributed by atoms with van der Waals surface area (Å²) in [4.78, 5) is 32.9. The monoisotopic (exact) mass is 504 g/mol. The Hall–Kier alpha value is -4.11. The number of carbonyl (C=O) groups excluding carboxylic acids is 2. The maximum atomic E-state index is 13.5. The van der Waals surface area contributed by atoms with Gasteiger partial charge in [0, 0.05) is 0 Å². The number of aryl methyl sites for hydroxylation is 1. The molecule has 36 heavy (non-hydrogen) atoms. The van der Waals surface area contributed by atoms with Crippen molar-refractivity contribution in [3.63, 3.8) is 0 Å². The van der Waals surface area contributed by atoms with Gasteiger partial charge in [0.2, 0.25) is 5.78 Å². The van der Waals surface area contributed by atoms with Crippen LogP contribution in [-0.4, -0.2) is 35.0 Å². The Morgan fingerprint density at radius 1 is 1.06 bits per heavy atom. The molecule has 0 spiro atoms. The van der Waals surface area contributed by atoms with Crippen LogP contribution in [0, 0.1) is 6.92 Å². The van der Waals surface area contributed by atoms with Crippen molar-refractivity contribution in [2.24, 2.45) is 0 Å². The third-order valence-electron chi connectivity index (χ3n) is 5.79. The molecule has 2 aromatic carbocycles. The molecule has 5 rings (SSSR count). The molecule has 9 heteroatoms. The van der Waals surface area contributed by atoms with Crippen molar-refractivity contribution in [1.82, 2.24) is 4.98 Å². The van der Waals surface area contributed by atoms with Crippen LogP contribution in [-0.2, 0) is 4.79 Å². The fraction of sp³-hybridized carbons (Fsp3) is 0.222. The standard InChI is InChI=1S/C27H24N2O6S/c1-4-33-17-9-7-16(8-10-17)23-22(24(30)20-13-6-15(3)35-20)25(31)26(32)29(23)27-28-19-12-11-18(34-5-2)14-21(19)36-27/h6-14,23,31H,4-5H2,1-3H3. The zero-order chi connectivity index (χ0) is 25.4. The molecule has 0 saturated carbocycles. The fourth-order valence-electron chi connectivity index (χ4n) is 4.20. The van der Waals surface area contributed by atoms with E-state index in [2.05, 4.69) is 4.98 Å². The molecule has 3 heterocycles. The molecule has 0 saturated heterocycles. The minimum atomic E-state index is -0.905. The number of nitrogens with zero attached hydrogens (tertiary/aromatic N) is 2. The van der Waals surface area contributed by atoms with E-state index >= 15 is 0 Å². The molecule has 184 valence electrons. The highest BCUT2D eigenvalue weighted by Gasteiger charge is 2.46. The molecule has 1 aliphatic rings. The number of hydrogen-bond donors (Lipinski definition) is 1. The van der Waals surface area contributed by atoms with Gasteiger partial charge in [-0.1, -0.05) is 23.5 Å². The lowest BCUT2D eigenvalue weighted by atomic mass is 9.95. The third kappa shape index (κ3) is 4.11. The van der Waals surface area contributed by atoms with Gasteiger partial charge in [0.25, 0.3) is 5.91 Å². The van der Waals surface area contributed by atoms with Gasteiger partial charge < -0.3 is 19.0 Å². The lowest BCUT2D eigenvalue weighted by Gasteiger charge is -2.24. The maximum absolute atomic E-state index is 13.5. The summed E-state index contributed by atoms with van der Waals surface area (Å²) in [6, 6.07) is 14.9. The van der Waals surface area contributed by atoms with Crippen LogP contribution in [0.2, 0.25) is 0 Å².